The van der Waals surface area contributed by atoms with Crippen LogP contribution in [0.1, 0.15) is 56.7 Å². The van der Waals surface area contributed by atoms with Crippen molar-refractivity contribution in [1.82, 2.24) is 20.1 Å². The van der Waals surface area contributed by atoms with E-state index in [2.05, 4.69) is 25.4 Å². The Hall–Kier alpha value is -5.27. The first-order valence-corrected chi connectivity index (χ1v) is 17.8. The van der Waals surface area contributed by atoms with E-state index in [1.54, 1.807) is 36.2 Å². The van der Waals surface area contributed by atoms with Crippen LogP contribution < -0.4 is 15.5 Å². The summed E-state index contributed by atoms with van der Waals surface area (Å²) in [6.45, 7) is 5.00. The number of amides is 3. The number of nitrogens with zero attached hydrogens (tertiary/aromatic N) is 4. The standard InChI is InChI=1S/C40H43F3N6O4/c1-47(37(50)27-48-17-19-53-20-18-48)26-29-8-5-9-30(21-29)39(52)46-35-12-11-33(49-15-3-2-4-16-49)24-34(35)36-23-31(13-14-44-36)38(51)45-25-28-7-6-10-32(22-28)40(41,42)43/h5-14,21-24H,2-4,15-20,25-27H2,1H3,(H,45,51)(H,46,52). The first-order chi connectivity index (χ1) is 25.5. The fourth-order valence-electron chi connectivity index (χ4n) is 6.50. The van der Waals surface area contributed by atoms with Gasteiger partial charge in [-0.25, -0.2) is 0 Å². The van der Waals surface area contributed by atoms with Crippen LogP contribution in [0.2, 0.25) is 0 Å². The van der Waals surface area contributed by atoms with Crippen molar-refractivity contribution in [3.8, 4) is 11.3 Å². The highest BCUT2D eigenvalue weighted by Crippen LogP contribution is 2.33. The van der Waals surface area contributed by atoms with Crippen LogP contribution in [0.4, 0.5) is 24.5 Å². The maximum atomic E-state index is 13.7. The van der Waals surface area contributed by atoms with Crippen molar-refractivity contribution in [2.24, 2.45) is 0 Å². The predicted octanol–water partition coefficient (Wildman–Crippen LogP) is 6.23. The molecule has 13 heteroatoms. The number of alkyl halides is 3. The van der Waals surface area contributed by atoms with Gasteiger partial charge in [-0.1, -0.05) is 24.3 Å². The van der Waals surface area contributed by atoms with Crippen LogP contribution in [-0.2, 0) is 28.8 Å². The molecule has 2 aliphatic rings. The molecule has 2 N–H and O–H groups in total. The monoisotopic (exact) mass is 728 g/mol. The summed E-state index contributed by atoms with van der Waals surface area (Å²) in [6, 6.07) is 20.9. The van der Waals surface area contributed by atoms with E-state index in [-0.39, 0.29) is 23.9 Å². The molecule has 2 saturated heterocycles. The molecule has 0 atom stereocenters. The van der Waals surface area contributed by atoms with Gasteiger partial charge in [-0.2, -0.15) is 13.2 Å². The van der Waals surface area contributed by atoms with E-state index in [1.807, 2.05) is 24.3 Å². The highest BCUT2D eigenvalue weighted by atomic mass is 19.4. The molecule has 278 valence electrons. The molecule has 53 heavy (non-hydrogen) atoms. The molecule has 3 amide bonds. The number of likely N-dealkylation sites (N-methyl/N-ethyl adjacent to an activating group) is 1. The minimum absolute atomic E-state index is 0.0146. The Bertz CT molecular complexity index is 1920. The molecule has 2 aliphatic heterocycles. The fourth-order valence-corrected chi connectivity index (χ4v) is 6.50. The Morgan fingerprint density at radius 2 is 1.57 bits per heavy atom. The van der Waals surface area contributed by atoms with Crippen LogP contribution >= 0.6 is 0 Å². The molecule has 4 aromatic rings. The van der Waals surface area contributed by atoms with E-state index in [1.165, 1.54) is 24.4 Å². The maximum Gasteiger partial charge on any atom is 0.416 e. The second-order valence-corrected chi connectivity index (χ2v) is 13.4. The van der Waals surface area contributed by atoms with E-state index in [0.717, 1.165) is 55.7 Å². The third-order valence-corrected chi connectivity index (χ3v) is 9.48. The molecular formula is C40H43F3N6O4. The first kappa shape index (κ1) is 37.5. The average molecular weight is 729 g/mol. The number of aromatic nitrogens is 1. The van der Waals surface area contributed by atoms with E-state index in [9.17, 15) is 27.6 Å². The minimum atomic E-state index is -4.49. The van der Waals surface area contributed by atoms with Crippen molar-refractivity contribution >= 4 is 29.1 Å². The lowest BCUT2D eigenvalue weighted by molar-refractivity contribution is -0.137. The van der Waals surface area contributed by atoms with Crippen molar-refractivity contribution in [3.63, 3.8) is 0 Å². The molecule has 0 saturated carbocycles. The zero-order chi connectivity index (χ0) is 37.4. The Morgan fingerprint density at radius 3 is 2.34 bits per heavy atom. The molecule has 0 spiro atoms. The average Bonchev–Trinajstić information content (AvgIpc) is 3.17. The van der Waals surface area contributed by atoms with Gasteiger partial charge in [0.15, 0.2) is 0 Å². The molecule has 0 aliphatic carbocycles. The quantitative estimate of drug-likeness (QED) is 0.189. The number of halogens is 3. The van der Waals surface area contributed by atoms with Gasteiger partial charge in [-0.05, 0) is 85.0 Å². The van der Waals surface area contributed by atoms with E-state index in [0.29, 0.717) is 67.5 Å². The van der Waals surface area contributed by atoms with Gasteiger partial charge in [0, 0.05) is 74.9 Å². The SMILES string of the molecule is CN(Cc1cccc(C(=O)Nc2ccc(N3CCCCC3)cc2-c2cc(C(=O)NCc3cccc(C(F)(F)F)c3)ccn2)c1)C(=O)CN1CCOCC1. The summed E-state index contributed by atoms with van der Waals surface area (Å²) < 4.78 is 45.0. The molecule has 0 unspecified atom stereocenters. The third-order valence-electron chi connectivity index (χ3n) is 9.48. The highest BCUT2D eigenvalue weighted by molar-refractivity contribution is 6.06. The number of carbonyl (C=O) groups excluding carboxylic acids is 3. The summed E-state index contributed by atoms with van der Waals surface area (Å²) in [6.07, 6.45) is 0.302. The lowest BCUT2D eigenvalue weighted by Gasteiger charge is -2.29. The molecular weight excluding hydrogens is 685 g/mol. The number of rotatable bonds is 11. The van der Waals surface area contributed by atoms with Crippen LogP contribution in [0.5, 0.6) is 0 Å². The van der Waals surface area contributed by atoms with Crippen molar-refractivity contribution in [2.45, 2.75) is 38.5 Å². The van der Waals surface area contributed by atoms with Crippen LogP contribution in [0.15, 0.2) is 85.1 Å². The van der Waals surface area contributed by atoms with Gasteiger partial charge in [0.05, 0.1) is 36.7 Å². The summed E-state index contributed by atoms with van der Waals surface area (Å²) in [7, 11) is 1.75. The van der Waals surface area contributed by atoms with Crippen molar-refractivity contribution in [2.75, 3.05) is 63.2 Å². The fraction of sp³-hybridized carbons (Fsp3) is 0.350. The zero-order valence-corrected chi connectivity index (χ0v) is 29.6. The normalized spacial score (nSPS) is 15.1. The number of hydrogen-bond acceptors (Lipinski definition) is 7. The van der Waals surface area contributed by atoms with E-state index < -0.39 is 17.6 Å². The summed E-state index contributed by atoms with van der Waals surface area (Å²) >= 11 is 0. The van der Waals surface area contributed by atoms with Gasteiger partial charge in [-0.15, -0.1) is 0 Å². The van der Waals surface area contributed by atoms with Crippen LogP contribution in [0.3, 0.4) is 0 Å². The number of benzene rings is 3. The van der Waals surface area contributed by atoms with Gasteiger partial charge in [-0.3, -0.25) is 24.3 Å². The van der Waals surface area contributed by atoms with Gasteiger partial charge in [0.1, 0.15) is 0 Å². The molecule has 2 fully saturated rings. The minimum Gasteiger partial charge on any atom is -0.379 e. The maximum absolute atomic E-state index is 13.7. The van der Waals surface area contributed by atoms with Crippen LogP contribution in [0, 0.1) is 0 Å². The largest absolute Gasteiger partial charge is 0.416 e. The first-order valence-electron chi connectivity index (χ1n) is 17.8. The Morgan fingerprint density at radius 1 is 0.830 bits per heavy atom. The van der Waals surface area contributed by atoms with Gasteiger partial charge in [0.2, 0.25) is 5.91 Å². The summed E-state index contributed by atoms with van der Waals surface area (Å²) in [5.74, 6) is -0.843. The second kappa shape index (κ2) is 17.0. The molecule has 1 aromatic heterocycles. The van der Waals surface area contributed by atoms with Crippen molar-refractivity contribution in [3.05, 3.63) is 113 Å². The highest BCUT2D eigenvalue weighted by Gasteiger charge is 2.30. The number of nitrogens with one attached hydrogen (secondary N) is 2. The molecule has 0 bridgehead atoms. The smallest absolute Gasteiger partial charge is 0.379 e. The molecule has 3 heterocycles. The number of piperidine rings is 1. The lowest BCUT2D eigenvalue weighted by Crippen LogP contribution is -2.43. The number of hydrogen-bond donors (Lipinski definition) is 2. The van der Waals surface area contributed by atoms with Gasteiger partial charge in [0.25, 0.3) is 11.8 Å². The van der Waals surface area contributed by atoms with Crippen LogP contribution in [-0.4, -0.2) is 85.5 Å². The van der Waals surface area contributed by atoms with E-state index in [4.69, 9.17) is 4.74 Å². The number of anilines is 2. The number of morpholine rings is 1. The molecule has 3 aromatic carbocycles. The van der Waals surface area contributed by atoms with Crippen LogP contribution in [0.25, 0.3) is 11.3 Å². The number of ether oxygens (including phenoxy) is 1. The molecule has 6 rings (SSSR count). The number of pyridine rings is 1. The van der Waals surface area contributed by atoms with Gasteiger partial charge < -0.3 is 25.2 Å². The second-order valence-electron chi connectivity index (χ2n) is 13.4. The summed E-state index contributed by atoms with van der Waals surface area (Å²) in [5, 5.41) is 5.74. The van der Waals surface area contributed by atoms with E-state index >= 15 is 0 Å². The predicted molar refractivity (Wildman–Crippen MR) is 196 cm³/mol. The summed E-state index contributed by atoms with van der Waals surface area (Å²) in [5.41, 5.74) is 3.53. The molecule has 10 nitrogen and oxygen atoms in total. The summed E-state index contributed by atoms with van der Waals surface area (Å²) in [4.78, 5) is 50.4. The lowest BCUT2D eigenvalue weighted by atomic mass is 10.0. The number of carbonyl (C=O) groups is 3. The zero-order valence-electron chi connectivity index (χ0n) is 29.6. The molecule has 0 radical (unpaired) electrons. The third kappa shape index (κ3) is 9.99. The Kier molecular flexibility index (Phi) is 12.1. The van der Waals surface area contributed by atoms with Crippen molar-refractivity contribution < 1.29 is 32.3 Å². The topological polar surface area (TPSA) is 107 Å². The van der Waals surface area contributed by atoms with Gasteiger partial charge >= 0.3 is 6.18 Å². The Labute approximate surface area is 306 Å². The van der Waals surface area contributed by atoms with Crippen molar-refractivity contribution in [1.29, 1.82) is 0 Å². The Balaban J connectivity index is 1.20.